The first-order chi connectivity index (χ1) is 19.9. The number of methoxy groups -OCH3 is 1. The largest absolute Gasteiger partial charge is 0.465 e. The molecule has 0 amide bonds. The maximum atomic E-state index is 11.8. The molecule has 5 rings (SSSR count). The van der Waals surface area contributed by atoms with Gasteiger partial charge < -0.3 is 24.1 Å². The van der Waals surface area contributed by atoms with Gasteiger partial charge in [0.1, 0.15) is 11.6 Å². The number of aryl methyl sites for hydroxylation is 1. The Morgan fingerprint density at radius 2 is 1.76 bits per heavy atom. The summed E-state index contributed by atoms with van der Waals surface area (Å²) in [5.74, 6) is 2.43. The molecule has 0 atom stereocenters. The van der Waals surface area contributed by atoms with Crippen molar-refractivity contribution in [3.8, 4) is 0 Å². The van der Waals surface area contributed by atoms with Crippen molar-refractivity contribution in [1.29, 1.82) is 0 Å². The third kappa shape index (κ3) is 8.05. The second-order valence-electron chi connectivity index (χ2n) is 12.5. The van der Waals surface area contributed by atoms with Crippen molar-refractivity contribution < 1.29 is 9.53 Å². The fourth-order valence-corrected chi connectivity index (χ4v) is 6.60. The quantitative estimate of drug-likeness (QED) is 0.309. The van der Waals surface area contributed by atoms with Crippen LogP contribution < -0.4 is 0 Å². The minimum Gasteiger partial charge on any atom is -0.465 e. The van der Waals surface area contributed by atoms with Crippen LogP contribution in [0.4, 0.5) is 0 Å². The number of benzene rings is 1. The van der Waals surface area contributed by atoms with E-state index in [9.17, 15) is 4.79 Å². The summed E-state index contributed by atoms with van der Waals surface area (Å²) in [5, 5.41) is 0. The number of aromatic nitrogens is 4. The number of esters is 1. The molecule has 2 aliphatic rings. The number of hydrogen-bond donors (Lipinski definition) is 1. The molecule has 4 heterocycles. The van der Waals surface area contributed by atoms with Gasteiger partial charge in [-0.3, -0.25) is 4.90 Å². The second kappa shape index (κ2) is 13.8. The molecular weight excluding hydrogens is 514 g/mol. The van der Waals surface area contributed by atoms with Gasteiger partial charge in [0.25, 0.3) is 0 Å². The molecule has 2 aromatic heterocycles. The summed E-state index contributed by atoms with van der Waals surface area (Å²) < 4.78 is 7.15. The van der Waals surface area contributed by atoms with Crippen LogP contribution in [0.15, 0.2) is 49.1 Å². The van der Waals surface area contributed by atoms with Crippen molar-refractivity contribution in [3.05, 3.63) is 71.8 Å². The number of likely N-dealkylation sites (tertiary alicyclic amines) is 2. The van der Waals surface area contributed by atoms with E-state index in [2.05, 4.69) is 49.3 Å². The van der Waals surface area contributed by atoms with Gasteiger partial charge in [-0.25, -0.2) is 14.8 Å². The van der Waals surface area contributed by atoms with Crippen LogP contribution >= 0.6 is 0 Å². The van der Waals surface area contributed by atoms with Crippen LogP contribution in [0, 0.1) is 11.3 Å². The first kappa shape index (κ1) is 29.5. The van der Waals surface area contributed by atoms with Crippen molar-refractivity contribution in [3.63, 3.8) is 0 Å². The summed E-state index contributed by atoms with van der Waals surface area (Å²) in [6.07, 6.45) is 12.9. The van der Waals surface area contributed by atoms with Crippen LogP contribution in [0.25, 0.3) is 0 Å². The number of carbonyl (C=O) groups excluding carboxylic acids is 1. The van der Waals surface area contributed by atoms with Crippen molar-refractivity contribution in [2.45, 2.75) is 65.7 Å². The van der Waals surface area contributed by atoms with Crippen LogP contribution in [0.5, 0.6) is 0 Å². The van der Waals surface area contributed by atoms with Crippen molar-refractivity contribution in [2.75, 3.05) is 46.4 Å². The van der Waals surface area contributed by atoms with E-state index in [1.54, 1.807) is 6.20 Å². The molecule has 0 unspecified atom stereocenters. The Morgan fingerprint density at radius 1 is 1.00 bits per heavy atom. The maximum absolute atomic E-state index is 11.8. The highest BCUT2D eigenvalue weighted by Crippen LogP contribution is 2.40. The Morgan fingerprint density at radius 3 is 2.44 bits per heavy atom. The zero-order valence-corrected chi connectivity index (χ0v) is 25.1. The number of piperidine rings is 1. The van der Waals surface area contributed by atoms with Crippen LogP contribution in [-0.4, -0.2) is 86.6 Å². The number of nitrogens with zero attached hydrogens (tertiary/aromatic N) is 6. The first-order valence-corrected chi connectivity index (χ1v) is 15.2. The number of nitrogens with one attached hydrogen (secondary N) is 1. The third-order valence-corrected chi connectivity index (χ3v) is 8.81. The number of imidazole rings is 2. The van der Waals surface area contributed by atoms with Gasteiger partial charge in [-0.1, -0.05) is 26.0 Å². The number of hydrogen-bond acceptors (Lipinski definition) is 7. The average Bonchev–Trinajstić information content (AvgIpc) is 3.73. The fourth-order valence-electron chi connectivity index (χ4n) is 6.60. The molecule has 1 spiro atoms. The molecule has 2 fully saturated rings. The summed E-state index contributed by atoms with van der Waals surface area (Å²) in [7, 11) is 1.41. The van der Waals surface area contributed by atoms with E-state index in [0.717, 1.165) is 49.2 Å². The van der Waals surface area contributed by atoms with Crippen molar-refractivity contribution in [2.24, 2.45) is 11.3 Å². The standard InChI is InChI=1S/C32H47N7O2/c1-26(2)21-36-17-9-32(10-18-36)11-19-37(25-32)15-4-16-39-20-14-35-30(39)24-38(23-29-33-12-13-34-29)22-27-5-7-28(8-6-27)31(40)41-3/h5-8,12-14,20,26H,4,9-11,15-19,21-25H2,1-3H3,(H,33,34). The smallest absolute Gasteiger partial charge is 0.337 e. The van der Waals surface area contributed by atoms with E-state index in [4.69, 9.17) is 9.72 Å². The van der Waals surface area contributed by atoms with Crippen LogP contribution in [0.2, 0.25) is 0 Å². The Kier molecular flexibility index (Phi) is 9.90. The van der Waals surface area contributed by atoms with Crippen molar-refractivity contribution >= 4 is 5.97 Å². The van der Waals surface area contributed by atoms with E-state index in [1.165, 1.54) is 59.1 Å². The predicted octanol–water partition coefficient (Wildman–Crippen LogP) is 4.43. The molecule has 41 heavy (non-hydrogen) atoms. The molecule has 0 radical (unpaired) electrons. The maximum Gasteiger partial charge on any atom is 0.337 e. The molecule has 0 aliphatic carbocycles. The summed E-state index contributed by atoms with van der Waals surface area (Å²) in [5.41, 5.74) is 2.24. The SMILES string of the molecule is COC(=O)c1ccc(CN(Cc2ncc[nH]2)Cc2nccn2CCCN2CCC3(CCN(CC(C)C)CC3)C2)cc1. The molecular formula is C32H47N7O2. The van der Waals surface area contributed by atoms with Gasteiger partial charge >= 0.3 is 5.97 Å². The lowest BCUT2D eigenvalue weighted by molar-refractivity contribution is 0.0600. The van der Waals surface area contributed by atoms with E-state index in [0.29, 0.717) is 24.1 Å². The van der Waals surface area contributed by atoms with Gasteiger partial charge in [0.05, 0.1) is 25.8 Å². The minimum absolute atomic E-state index is 0.317. The molecule has 9 heteroatoms. The number of carbonyl (C=O) groups is 1. The number of rotatable bonds is 13. The minimum atomic E-state index is -0.317. The highest BCUT2D eigenvalue weighted by molar-refractivity contribution is 5.89. The first-order valence-electron chi connectivity index (χ1n) is 15.2. The Labute approximate surface area is 244 Å². The van der Waals surface area contributed by atoms with Gasteiger partial charge in [0.2, 0.25) is 0 Å². The molecule has 0 bridgehead atoms. The molecule has 1 aromatic carbocycles. The monoisotopic (exact) mass is 561 g/mol. The molecule has 2 saturated heterocycles. The number of ether oxygens (including phenoxy) is 1. The number of aromatic amines is 1. The third-order valence-electron chi connectivity index (χ3n) is 8.81. The molecule has 3 aromatic rings. The molecule has 2 aliphatic heterocycles. The highest BCUT2D eigenvalue weighted by Gasteiger charge is 2.40. The van der Waals surface area contributed by atoms with E-state index >= 15 is 0 Å². The van der Waals surface area contributed by atoms with E-state index < -0.39 is 0 Å². The van der Waals surface area contributed by atoms with Gasteiger partial charge in [-0.05, 0) is 80.9 Å². The topological polar surface area (TPSA) is 82.5 Å². The highest BCUT2D eigenvalue weighted by atomic mass is 16.5. The average molecular weight is 562 g/mol. The predicted molar refractivity (Wildman–Crippen MR) is 160 cm³/mol. The normalized spacial score (nSPS) is 17.7. The van der Waals surface area contributed by atoms with E-state index in [1.807, 2.05) is 36.7 Å². The Balaban J connectivity index is 1.13. The van der Waals surface area contributed by atoms with Gasteiger partial charge in [-0.15, -0.1) is 0 Å². The fraction of sp³-hybridized carbons (Fsp3) is 0.594. The second-order valence-corrected chi connectivity index (χ2v) is 12.5. The van der Waals surface area contributed by atoms with Crippen LogP contribution in [-0.2, 0) is 30.9 Å². The summed E-state index contributed by atoms with van der Waals surface area (Å²) in [4.78, 5) is 32.0. The molecule has 9 nitrogen and oxygen atoms in total. The van der Waals surface area contributed by atoms with Crippen molar-refractivity contribution in [1.82, 2.24) is 34.2 Å². The Hall–Kier alpha value is -3.01. The lowest BCUT2D eigenvalue weighted by Gasteiger charge is -2.40. The number of H-pyrrole nitrogens is 1. The zero-order valence-electron chi connectivity index (χ0n) is 25.1. The Bertz CT molecular complexity index is 1210. The summed E-state index contributed by atoms with van der Waals surface area (Å²) in [6, 6.07) is 7.63. The zero-order chi connectivity index (χ0) is 28.7. The van der Waals surface area contributed by atoms with Crippen LogP contribution in [0.1, 0.15) is 67.1 Å². The molecule has 222 valence electrons. The van der Waals surface area contributed by atoms with Gasteiger partial charge in [-0.2, -0.15) is 0 Å². The lowest BCUT2D eigenvalue weighted by atomic mass is 9.77. The summed E-state index contributed by atoms with van der Waals surface area (Å²) in [6.45, 7) is 15.2. The molecule has 0 saturated carbocycles. The van der Waals surface area contributed by atoms with Gasteiger partial charge in [0, 0.05) is 51.0 Å². The van der Waals surface area contributed by atoms with Crippen LogP contribution in [0.3, 0.4) is 0 Å². The summed E-state index contributed by atoms with van der Waals surface area (Å²) >= 11 is 0. The van der Waals surface area contributed by atoms with Gasteiger partial charge in [0.15, 0.2) is 0 Å². The van der Waals surface area contributed by atoms with E-state index in [-0.39, 0.29) is 5.97 Å². The molecule has 1 N–H and O–H groups in total. The lowest BCUT2D eigenvalue weighted by Crippen LogP contribution is -2.42.